The fraction of sp³-hybridized carbons (Fsp3) is 0.176. The van der Waals surface area contributed by atoms with E-state index in [0.717, 1.165) is 23.0 Å². The van der Waals surface area contributed by atoms with Crippen LogP contribution < -0.4 is 4.74 Å². The van der Waals surface area contributed by atoms with E-state index >= 15 is 0 Å². The molecule has 0 aliphatic carbocycles. The molecule has 0 radical (unpaired) electrons. The Labute approximate surface area is 123 Å². The Morgan fingerprint density at radius 2 is 1.95 bits per heavy atom. The van der Waals surface area contributed by atoms with Gasteiger partial charge in [-0.1, -0.05) is 23.8 Å². The lowest BCUT2D eigenvalue weighted by Gasteiger charge is -2.12. The average molecular weight is 284 g/mol. The van der Waals surface area contributed by atoms with Gasteiger partial charge >= 0.3 is 5.97 Å². The zero-order valence-electron chi connectivity index (χ0n) is 11.9. The maximum Gasteiger partial charge on any atom is 0.307 e. The van der Waals surface area contributed by atoms with Crippen LogP contribution in [-0.4, -0.2) is 24.5 Å². The van der Waals surface area contributed by atoms with Crippen LogP contribution >= 0.6 is 0 Å². The maximum atomic E-state index is 11.3. The third-order valence-corrected chi connectivity index (χ3v) is 3.24. The normalized spacial score (nSPS) is 10.2. The molecule has 21 heavy (non-hydrogen) atoms. The monoisotopic (exact) mass is 284 g/mol. The van der Waals surface area contributed by atoms with E-state index in [9.17, 15) is 9.59 Å². The number of carboxylic acid groups (broad SMARTS) is 1. The van der Waals surface area contributed by atoms with Crippen LogP contribution in [0.2, 0.25) is 0 Å². The molecule has 0 aliphatic rings. The molecule has 1 N–H and O–H groups in total. The minimum absolute atomic E-state index is 0.0702. The lowest BCUT2D eigenvalue weighted by Crippen LogP contribution is -2.01. The van der Waals surface area contributed by atoms with E-state index in [1.807, 2.05) is 19.1 Å². The molecule has 2 aromatic carbocycles. The van der Waals surface area contributed by atoms with Gasteiger partial charge in [-0.05, 0) is 36.2 Å². The molecule has 0 aliphatic heterocycles. The molecule has 2 rings (SSSR count). The summed E-state index contributed by atoms with van der Waals surface area (Å²) in [5.74, 6) is -0.290. The molecule has 4 nitrogen and oxygen atoms in total. The number of carbonyl (C=O) groups is 2. The number of rotatable bonds is 5. The van der Waals surface area contributed by atoms with E-state index in [1.165, 1.54) is 0 Å². The molecule has 0 amide bonds. The number of aldehydes is 1. The van der Waals surface area contributed by atoms with E-state index < -0.39 is 5.97 Å². The minimum atomic E-state index is -0.898. The van der Waals surface area contributed by atoms with Gasteiger partial charge in [0.15, 0.2) is 6.29 Å². The fourth-order valence-corrected chi connectivity index (χ4v) is 2.28. The Hall–Kier alpha value is -2.62. The molecule has 0 unspecified atom stereocenters. The van der Waals surface area contributed by atoms with Crippen LogP contribution in [0, 0.1) is 6.92 Å². The number of aliphatic carboxylic acids is 1. The molecule has 0 fully saturated rings. The SMILES string of the molecule is COc1ccc(CC(=O)O)cc1-c1ccc(C)cc1C=O. The largest absolute Gasteiger partial charge is 0.496 e. The van der Waals surface area contributed by atoms with Gasteiger partial charge in [0.2, 0.25) is 0 Å². The third kappa shape index (κ3) is 3.28. The van der Waals surface area contributed by atoms with Crippen molar-refractivity contribution >= 4 is 12.3 Å². The van der Waals surface area contributed by atoms with E-state index in [1.54, 1.807) is 31.4 Å². The number of hydrogen-bond acceptors (Lipinski definition) is 3. The number of aryl methyl sites for hydroxylation is 1. The van der Waals surface area contributed by atoms with Gasteiger partial charge in [-0.2, -0.15) is 0 Å². The predicted octanol–water partition coefficient (Wildman–Crippen LogP) is 3.11. The molecule has 0 aromatic heterocycles. The molecule has 0 bridgehead atoms. The number of hydrogen-bond donors (Lipinski definition) is 1. The topological polar surface area (TPSA) is 63.6 Å². The molecular weight excluding hydrogens is 268 g/mol. The smallest absolute Gasteiger partial charge is 0.307 e. The predicted molar refractivity (Wildman–Crippen MR) is 79.9 cm³/mol. The summed E-state index contributed by atoms with van der Waals surface area (Å²) in [6.07, 6.45) is 0.727. The summed E-state index contributed by atoms with van der Waals surface area (Å²) in [5.41, 5.74) is 3.66. The highest BCUT2D eigenvalue weighted by Gasteiger charge is 2.12. The molecule has 108 valence electrons. The van der Waals surface area contributed by atoms with E-state index in [4.69, 9.17) is 9.84 Å². The standard InChI is InChI=1S/C17H16O4/c1-11-3-5-14(13(7-11)10-18)15-8-12(9-17(19)20)4-6-16(15)21-2/h3-8,10H,9H2,1-2H3,(H,19,20). The Balaban J connectivity index is 2.60. The molecule has 0 saturated carbocycles. The highest BCUT2D eigenvalue weighted by molar-refractivity contribution is 5.90. The van der Waals surface area contributed by atoms with Crippen LogP contribution in [0.15, 0.2) is 36.4 Å². The van der Waals surface area contributed by atoms with Crippen molar-refractivity contribution in [2.45, 2.75) is 13.3 Å². The number of ether oxygens (including phenoxy) is 1. The Bertz CT molecular complexity index is 689. The van der Waals surface area contributed by atoms with Crippen molar-refractivity contribution in [3.8, 4) is 16.9 Å². The summed E-state index contributed by atoms with van der Waals surface area (Å²) in [6.45, 7) is 1.91. The lowest BCUT2D eigenvalue weighted by molar-refractivity contribution is -0.136. The van der Waals surface area contributed by atoms with Crippen molar-refractivity contribution in [2.75, 3.05) is 7.11 Å². The lowest BCUT2D eigenvalue weighted by atomic mass is 9.95. The molecule has 4 heteroatoms. The van der Waals surface area contributed by atoms with Crippen LogP contribution in [0.1, 0.15) is 21.5 Å². The number of carbonyl (C=O) groups excluding carboxylic acids is 1. The van der Waals surface area contributed by atoms with Gasteiger partial charge in [0.1, 0.15) is 5.75 Å². The van der Waals surface area contributed by atoms with Crippen LogP contribution in [0.25, 0.3) is 11.1 Å². The van der Waals surface area contributed by atoms with Gasteiger partial charge < -0.3 is 9.84 Å². The van der Waals surface area contributed by atoms with Crippen LogP contribution in [0.3, 0.4) is 0 Å². The van der Waals surface area contributed by atoms with E-state index in [2.05, 4.69) is 0 Å². The highest BCUT2D eigenvalue weighted by atomic mass is 16.5. The highest BCUT2D eigenvalue weighted by Crippen LogP contribution is 2.33. The summed E-state index contributed by atoms with van der Waals surface area (Å²) in [7, 11) is 1.55. The van der Waals surface area contributed by atoms with Gasteiger partial charge in [0, 0.05) is 11.1 Å². The van der Waals surface area contributed by atoms with Crippen LogP contribution in [0.4, 0.5) is 0 Å². The second kappa shape index (κ2) is 6.22. The van der Waals surface area contributed by atoms with Crippen LogP contribution in [0.5, 0.6) is 5.75 Å². The third-order valence-electron chi connectivity index (χ3n) is 3.24. The molecular formula is C17H16O4. The zero-order chi connectivity index (χ0) is 15.4. The first-order valence-corrected chi connectivity index (χ1v) is 6.50. The maximum absolute atomic E-state index is 11.3. The van der Waals surface area contributed by atoms with Crippen molar-refractivity contribution in [3.63, 3.8) is 0 Å². The van der Waals surface area contributed by atoms with Crippen molar-refractivity contribution in [1.29, 1.82) is 0 Å². The van der Waals surface area contributed by atoms with Gasteiger partial charge in [-0.3, -0.25) is 9.59 Å². The molecule has 2 aromatic rings. The molecule has 0 spiro atoms. The second-order valence-corrected chi connectivity index (χ2v) is 4.81. The summed E-state index contributed by atoms with van der Waals surface area (Å²) >= 11 is 0. The Morgan fingerprint density at radius 1 is 1.19 bits per heavy atom. The number of benzene rings is 2. The van der Waals surface area contributed by atoms with E-state index in [-0.39, 0.29) is 6.42 Å². The number of carboxylic acids is 1. The summed E-state index contributed by atoms with van der Waals surface area (Å²) in [5, 5.41) is 8.90. The average Bonchev–Trinajstić information content (AvgIpc) is 2.46. The van der Waals surface area contributed by atoms with Crippen LogP contribution in [-0.2, 0) is 11.2 Å². The Kier molecular flexibility index (Phi) is 4.38. The van der Waals surface area contributed by atoms with Gasteiger partial charge in [0.05, 0.1) is 13.5 Å². The van der Waals surface area contributed by atoms with Gasteiger partial charge in [0.25, 0.3) is 0 Å². The van der Waals surface area contributed by atoms with Gasteiger partial charge in [-0.25, -0.2) is 0 Å². The summed E-state index contributed by atoms with van der Waals surface area (Å²) in [4.78, 5) is 22.1. The second-order valence-electron chi connectivity index (χ2n) is 4.81. The van der Waals surface area contributed by atoms with Crippen molar-refractivity contribution in [1.82, 2.24) is 0 Å². The quantitative estimate of drug-likeness (QED) is 0.857. The Morgan fingerprint density at radius 3 is 2.57 bits per heavy atom. The van der Waals surface area contributed by atoms with E-state index in [0.29, 0.717) is 16.9 Å². The van der Waals surface area contributed by atoms with Gasteiger partial charge in [-0.15, -0.1) is 0 Å². The molecule has 0 saturated heterocycles. The van der Waals surface area contributed by atoms with Crippen molar-refractivity contribution < 1.29 is 19.4 Å². The molecule has 0 heterocycles. The van der Waals surface area contributed by atoms with Crippen molar-refractivity contribution in [2.24, 2.45) is 0 Å². The molecule has 0 atom stereocenters. The first-order valence-electron chi connectivity index (χ1n) is 6.50. The number of methoxy groups -OCH3 is 1. The fourth-order valence-electron chi connectivity index (χ4n) is 2.28. The summed E-state index contributed by atoms with van der Waals surface area (Å²) in [6, 6.07) is 10.7. The summed E-state index contributed by atoms with van der Waals surface area (Å²) < 4.78 is 5.33. The first-order chi connectivity index (χ1) is 10.0. The minimum Gasteiger partial charge on any atom is -0.496 e. The first kappa shape index (κ1) is 14.8. The van der Waals surface area contributed by atoms with Crippen molar-refractivity contribution in [3.05, 3.63) is 53.1 Å². The zero-order valence-corrected chi connectivity index (χ0v) is 11.9.